The Bertz CT molecular complexity index is 1600. The molecule has 0 saturated carbocycles. The first-order valence-electron chi connectivity index (χ1n) is 9.15. The summed E-state index contributed by atoms with van der Waals surface area (Å²) in [5.74, 6) is 0. The minimum Gasteiger partial charge on any atom is -0.455 e. The molecular weight excluding hydrogens is 814 g/mol. The Morgan fingerprint density at radius 1 is 0.516 bits per heavy atom. The predicted molar refractivity (Wildman–Crippen MR) is 156 cm³/mol. The number of benzene rings is 4. The molecule has 2 heterocycles. The molecule has 2 nitrogen and oxygen atoms in total. The smallest absolute Gasteiger partial charge is 0.149 e. The number of rotatable bonds is 0. The van der Waals surface area contributed by atoms with Crippen molar-refractivity contribution in [3.8, 4) is 0 Å². The third kappa shape index (κ3) is 3.98. The highest BCUT2D eigenvalue weighted by Gasteiger charge is 2.13. The summed E-state index contributed by atoms with van der Waals surface area (Å²) in [4.78, 5) is 0. The van der Waals surface area contributed by atoms with Crippen molar-refractivity contribution in [3.63, 3.8) is 0 Å². The van der Waals surface area contributed by atoms with E-state index in [4.69, 9.17) is 8.83 Å². The molecule has 0 bridgehead atoms. The Hall–Kier alpha value is -0.620. The van der Waals surface area contributed by atoms with Crippen molar-refractivity contribution in [3.05, 3.63) is 87.3 Å². The molecule has 31 heavy (non-hydrogen) atoms. The lowest BCUT2D eigenvalue weighted by Crippen LogP contribution is -1.75. The summed E-state index contributed by atoms with van der Waals surface area (Å²) < 4.78 is 17.2. The number of furan rings is 2. The Morgan fingerprint density at radius 3 is 1.84 bits per heavy atom. The van der Waals surface area contributed by atoms with Gasteiger partial charge in [-0.25, -0.2) is 0 Å². The summed E-state index contributed by atoms with van der Waals surface area (Å²) in [5, 5.41) is 4.65. The molecule has 0 fully saturated rings. The summed E-state index contributed by atoms with van der Waals surface area (Å²) in [6.45, 7) is 0. The fourth-order valence-electron chi connectivity index (χ4n) is 3.52. The first kappa shape index (κ1) is 22.2. The highest BCUT2D eigenvalue weighted by molar-refractivity contribution is 14.1. The number of halogens is 5. The van der Waals surface area contributed by atoms with Crippen LogP contribution in [0.15, 0.2) is 89.0 Å². The lowest BCUT2D eigenvalue weighted by molar-refractivity contribution is 0.665. The van der Waals surface area contributed by atoms with Gasteiger partial charge in [-0.1, -0.05) is 40.2 Å². The van der Waals surface area contributed by atoms with E-state index in [1.54, 1.807) is 0 Å². The zero-order valence-electron chi connectivity index (χ0n) is 15.6. The van der Waals surface area contributed by atoms with E-state index in [1.165, 1.54) is 10.8 Å². The maximum Gasteiger partial charge on any atom is 0.149 e. The second-order valence-electron chi connectivity index (χ2n) is 6.79. The molecule has 6 rings (SSSR count). The van der Waals surface area contributed by atoms with Gasteiger partial charge in [0, 0.05) is 35.0 Å². The van der Waals surface area contributed by atoms with E-state index in [1.807, 2.05) is 36.4 Å². The second-order valence-corrected chi connectivity index (χ2v) is 11.5. The van der Waals surface area contributed by atoms with E-state index in [2.05, 4.69) is 123 Å². The van der Waals surface area contributed by atoms with Crippen molar-refractivity contribution >= 4 is 137 Å². The normalized spacial score (nSPS) is 11.4. The average molecular weight is 825 g/mol. The number of para-hydroxylation sites is 1. The van der Waals surface area contributed by atoms with Gasteiger partial charge in [0.1, 0.15) is 22.3 Å². The van der Waals surface area contributed by atoms with E-state index in [0.717, 1.165) is 53.7 Å². The average Bonchev–Trinajstić information content (AvgIpc) is 3.34. The minimum atomic E-state index is 0.917. The van der Waals surface area contributed by atoms with Crippen LogP contribution in [0.1, 0.15) is 0 Å². The van der Waals surface area contributed by atoms with Crippen LogP contribution in [-0.4, -0.2) is 0 Å². The van der Waals surface area contributed by atoms with Gasteiger partial charge in [0.05, 0.1) is 7.14 Å². The van der Waals surface area contributed by atoms with Crippen molar-refractivity contribution in [1.29, 1.82) is 0 Å². The summed E-state index contributed by atoms with van der Waals surface area (Å²) in [6, 6.07) is 22.4. The number of fused-ring (bicyclic) bond motifs is 6. The van der Waals surface area contributed by atoms with Crippen molar-refractivity contribution in [2.45, 2.75) is 0 Å². The molecule has 0 unspecified atom stereocenters. The van der Waals surface area contributed by atoms with Gasteiger partial charge in [0.2, 0.25) is 0 Å². The summed E-state index contributed by atoms with van der Waals surface area (Å²) in [5.41, 5.74) is 3.77. The standard InChI is InChI=1S/C12H5Br2IO.C12H6BrIO/c13-7-2-1-3-9-10(7)6-4-5-8(14)11(15)12(6)16-9;13-9-6-5-8-7-3-1-2-4-10(7)15-12(8)11(9)14/h1-5H;1-6H. The molecule has 0 radical (unpaired) electrons. The van der Waals surface area contributed by atoms with Gasteiger partial charge in [0.15, 0.2) is 0 Å². The maximum absolute atomic E-state index is 5.88. The molecule has 0 atom stereocenters. The molecule has 6 aromatic rings. The zero-order chi connectivity index (χ0) is 21.7. The van der Waals surface area contributed by atoms with Crippen molar-refractivity contribution in [2.75, 3.05) is 0 Å². The quantitative estimate of drug-likeness (QED) is 0.143. The van der Waals surface area contributed by atoms with E-state index < -0.39 is 0 Å². The Kier molecular flexibility index (Phi) is 6.42. The van der Waals surface area contributed by atoms with Gasteiger partial charge >= 0.3 is 0 Å². The first-order chi connectivity index (χ1) is 15.0. The molecule has 0 amide bonds. The zero-order valence-corrected chi connectivity index (χ0v) is 24.6. The fraction of sp³-hybridized carbons (Fsp3) is 0. The summed E-state index contributed by atoms with van der Waals surface area (Å²) in [6.07, 6.45) is 0. The van der Waals surface area contributed by atoms with E-state index in [-0.39, 0.29) is 0 Å². The fourth-order valence-corrected chi connectivity index (χ4v) is 5.87. The Labute approximate surface area is 230 Å². The predicted octanol–water partition coefficient (Wildman–Crippen LogP) is 10.7. The van der Waals surface area contributed by atoms with Crippen LogP contribution in [0.4, 0.5) is 0 Å². The molecule has 0 spiro atoms. The monoisotopic (exact) mass is 822 g/mol. The van der Waals surface area contributed by atoms with Crippen LogP contribution < -0.4 is 0 Å². The Balaban J connectivity index is 0.000000132. The Morgan fingerprint density at radius 2 is 1.10 bits per heavy atom. The van der Waals surface area contributed by atoms with Gasteiger partial charge in [-0.3, -0.25) is 0 Å². The molecule has 2 aromatic heterocycles. The minimum absolute atomic E-state index is 0.917. The topological polar surface area (TPSA) is 26.3 Å². The molecule has 7 heteroatoms. The molecular formula is C24H11Br3I2O2. The van der Waals surface area contributed by atoms with Gasteiger partial charge in [-0.05, 0) is 120 Å². The van der Waals surface area contributed by atoms with Gasteiger partial charge in [0.25, 0.3) is 0 Å². The molecule has 4 aromatic carbocycles. The van der Waals surface area contributed by atoms with Crippen LogP contribution in [0.3, 0.4) is 0 Å². The van der Waals surface area contributed by atoms with E-state index in [9.17, 15) is 0 Å². The lowest BCUT2D eigenvalue weighted by atomic mass is 10.1. The summed E-state index contributed by atoms with van der Waals surface area (Å²) in [7, 11) is 0. The van der Waals surface area contributed by atoms with Crippen LogP contribution in [0.5, 0.6) is 0 Å². The highest BCUT2D eigenvalue weighted by Crippen LogP contribution is 2.38. The van der Waals surface area contributed by atoms with Crippen LogP contribution in [-0.2, 0) is 0 Å². The first-order valence-corrected chi connectivity index (χ1v) is 13.7. The van der Waals surface area contributed by atoms with Crippen LogP contribution in [0.2, 0.25) is 0 Å². The summed E-state index contributed by atoms with van der Waals surface area (Å²) >= 11 is 15.2. The second kappa shape index (κ2) is 8.96. The largest absolute Gasteiger partial charge is 0.455 e. The van der Waals surface area contributed by atoms with E-state index in [0.29, 0.717) is 0 Å². The SMILES string of the molecule is Brc1ccc2c(oc3cccc(Br)c32)c1I.Brc1ccc2c(oc3ccccc32)c1I. The third-order valence-corrected chi connectivity index (χ3v) is 10.6. The maximum atomic E-state index is 5.88. The number of hydrogen-bond donors (Lipinski definition) is 0. The molecule has 154 valence electrons. The third-order valence-electron chi connectivity index (χ3n) is 4.95. The van der Waals surface area contributed by atoms with Crippen LogP contribution in [0, 0.1) is 7.14 Å². The molecule has 0 saturated heterocycles. The number of hydrogen-bond acceptors (Lipinski definition) is 2. The van der Waals surface area contributed by atoms with Crippen molar-refractivity contribution in [1.82, 2.24) is 0 Å². The van der Waals surface area contributed by atoms with Gasteiger partial charge in [-0.15, -0.1) is 0 Å². The molecule has 0 aliphatic rings. The van der Waals surface area contributed by atoms with Crippen LogP contribution >= 0.6 is 93.0 Å². The van der Waals surface area contributed by atoms with E-state index >= 15 is 0 Å². The lowest BCUT2D eigenvalue weighted by Gasteiger charge is -1.96. The van der Waals surface area contributed by atoms with Crippen molar-refractivity contribution < 1.29 is 8.83 Å². The van der Waals surface area contributed by atoms with Gasteiger partial charge in [-0.2, -0.15) is 0 Å². The molecule has 0 aliphatic carbocycles. The molecule has 0 N–H and O–H groups in total. The van der Waals surface area contributed by atoms with Crippen molar-refractivity contribution in [2.24, 2.45) is 0 Å². The van der Waals surface area contributed by atoms with Crippen LogP contribution in [0.25, 0.3) is 43.9 Å². The molecule has 0 aliphatic heterocycles. The van der Waals surface area contributed by atoms with Gasteiger partial charge < -0.3 is 8.83 Å². The highest BCUT2D eigenvalue weighted by atomic mass is 127.